The molecule has 0 saturated carbocycles. The number of carbonyl (C=O) groups excluding carboxylic acids is 1. The Balaban J connectivity index is 1.36. The second kappa shape index (κ2) is 8.53. The van der Waals surface area contributed by atoms with Gasteiger partial charge in [-0.3, -0.25) is 4.79 Å². The van der Waals surface area contributed by atoms with Crippen molar-refractivity contribution in [1.29, 1.82) is 0 Å². The van der Waals surface area contributed by atoms with Crippen molar-refractivity contribution in [2.75, 3.05) is 6.54 Å². The fraction of sp³-hybridized carbons (Fsp3) is 0.167. The minimum atomic E-state index is -0.0871. The van der Waals surface area contributed by atoms with Gasteiger partial charge in [0.05, 0.1) is 0 Å². The average molecular weight is 370 g/mol. The highest BCUT2D eigenvalue weighted by atomic mass is 16.3. The molecule has 28 heavy (non-hydrogen) atoms. The lowest BCUT2D eigenvalue weighted by Crippen LogP contribution is -2.24. The number of hydrogen-bond donors (Lipinski definition) is 1. The molecule has 1 N–H and O–H groups in total. The summed E-state index contributed by atoms with van der Waals surface area (Å²) in [6.07, 6.45) is 2.49. The zero-order valence-corrected chi connectivity index (χ0v) is 15.6. The van der Waals surface area contributed by atoms with Gasteiger partial charge in [-0.05, 0) is 42.2 Å². The van der Waals surface area contributed by atoms with Gasteiger partial charge < -0.3 is 9.73 Å². The average Bonchev–Trinajstić information content (AvgIpc) is 3.14. The maximum atomic E-state index is 12.4. The molecule has 4 heteroatoms. The second-order valence-electron chi connectivity index (χ2n) is 6.80. The quantitative estimate of drug-likeness (QED) is 0.476. The van der Waals surface area contributed by atoms with Crippen molar-refractivity contribution in [2.45, 2.75) is 19.3 Å². The maximum Gasteiger partial charge on any atom is 0.251 e. The maximum absolute atomic E-state index is 12.4. The van der Waals surface area contributed by atoms with Gasteiger partial charge in [0.1, 0.15) is 5.52 Å². The molecule has 3 aromatic carbocycles. The first-order chi connectivity index (χ1) is 13.8. The SMILES string of the molecule is O=C(NCCCc1ccccc1)c1ccc2nc(Cc3ccccc3)oc2c1. The third kappa shape index (κ3) is 4.46. The van der Waals surface area contributed by atoms with Crippen molar-refractivity contribution in [1.82, 2.24) is 10.3 Å². The molecule has 0 unspecified atom stereocenters. The van der Waals surface area contributed by atoms with E-state index in [1.807, 2.05) is 54.6 Å². The normalized spacial score (nSPS) is 10.9. The zero-order valence-electron chi connectivity index (χ0n) is 15.6. The van der Waals surface area contributed by atoms with E-state index in [1.165, 1.54) is 5.56 Å². The van der Waals surface area contributed by atoms with E-state index < -0.39 is 0 Å². The van der Waals surface area contributed by atoms with Gasteiger partial charge in [-0.2, -0.15) is 0 Å². The molecular weight excluding hydrogens is 348 g/mol. The van der Waals surface area contributed by atoms with Crippen LogP contribution in [0.5, 0.6) is 0 Å². The van der Waals surface area contributed by atoms with E-state index >= 15 is 0 Å². The fourth-order valence-electron chi connectivity index (χ4n) is 3.20. The van der Waals surface area contributed by atoms with Crippen LogP contribution in [0.4, 0.5) is 0 Å². The van der Waals surface area contributed by atoms with E-state index in [1.54, 1.807) is 12.1 Å². The summed E-state index contributed by atoms with van der Waals surface area (Å²) >= 11 is 0. The van der Waals surface area contributed by atoms with Gasteiger partial charge in [0.15, 0.2) is 11.5 Å². The molecule has 0 aliphatic carbocycles. The summed E-state index contributed by atoms with van der Waals surface area (Å²) in [5.74, 6) is 0.567. The van der Waals surface area contributed by atoms with Crippen LogP contribution >= 0.6 is 0 Å². The van der Waals surface area contributed by atoms with Gasteiger partial charge in [-0.15, -0.1) is 0 Å². The smallest absolute Gasteiger partial charge is 0.251 e. The van der Waals surface area contributed by atoms with Crippen LogP contribution in [0.15, 0.2) is 83.3 Å². The van der Waals surface area contributed by atoms with Crippen LogP contribution in [0.1, 0.15) is 33.8 Å². The van der Waals surface area contributed by atoms with E-state index in [0.29, 0.717) is 30.0 Å². The molecule has 0 atom stereocenters. The first-order valence-electron chi connectivity index (χ1n) is 9.53. The topological polar surface area (TPSA) is 55.1 Å². The number of hydrogen-bond acceptors (Lipinski definition) is 3. The Labute approximate surface area is 164 Å². The van der Waals surface area contributed by atoms with Gasteiger partial charge in [0, 0.05) is 18.5 Å². The molecule has 1 heterocycles. The molecule has 0 fully saturated rings. The summed E-state index contributed by atoms with van der Waals surface area (Å²) in [5.41, 5.74) is 4.43. The highest BCUT2D eigenvalue weighted by molar-refractivity contribution is 5.97. The van der Waals surface area contributed by atoms with Gasteiger partial charge in [0.25, 0.3) is 5.91 Å². The first kappa shape index (κ1) is 18.0. The molecule has 0 saturated heterocycles. The van der Waals surface area contributed by atoms with E-state index in [9.17, 15) is 4.79 Å². The minimum absolute atomic E-state index is 0.0871. The Morgan fingerprint density at radius 3 is 2.36 bits per heavy atom. The van der Waals surface area contributed by atoms with Crippen LogP contribution in [0.3, 0.4) is 0 Å². The molecule has 4 rings (SSSR count). The highest BCUT2D eigenvalue weighted by Crippen LogP contribution is 2.19. The summed E-state index contributed by atoms with van der Waals surface area (Å²) in [6, 6.07) is 25.8. The Morgan fingerprint density at radius 2 is 1.61 bits per heavy atom. The van der Waals surface area contributed by atoms with Gasteiger partial charge in [0.2, 0.25) is 0 Å². The number of amides is 1. The Kier molecular flexibility index (Phi) is 5.48. The van der Waals surface area contributed by atoms with Crippen molar-refractivity contribution >= 4 is 17.0 Å². The third-order valence-electron chi connectivity index (χ3n) is 4.66. The molecule has 0 aliphatic rings. The first-order valence-corrected chi connectivity index (χ1v) is 9.53. The molecule has 4 nitrogen and oxygen atoms in total. The fourth-order valence-corrected chi connectivity index (χ4v) is 3.20. The van der Waals surface area contributed by atoms with Crippen LogP contribution in [-0.2, 0) is 12.8 Å². The monoisotopic (exact) mass is 370 g/mol. The zero-order chi connectivity index (χ0) is 19.2. The number of fused-ring (bicyclic) bond motifs is 1. The van der Waals surface area contributed by atoms with Crippen LogP contribution in [-0.4, -0.2) is 17.4 Å². The lowest BCUT2D eigenvalue weighted by Gasteiger charge is -2.05. The van der Waals surface area contributed by atoms with Crippen LogP contribution in [0.2, 0.25) is 0 Å². The number of benzene rings is 3. The Hall–Kier alpha value is -3.40. The largest absolute Gasteiger partial charge is 0.440 e. The molecule has 0 radical (unpaired) electrons. The van der Waals surface area contributed by atoms with E-state index in [4.69, 9.17) is 4.42 Å². The number of rotatable bonds is 7. The van der Waals surface area contributed by atoms with Crippen molar-refractivity contribution in [3.63, 3.8) is 0 Å². The summed E-state index contributed by atoms with van der Waals surface area (Å²) in [6.45, 7) is 0.640. The van der Waals surface area contributed by atoms with Crippen molar-refractivity contribution in [2.24, 2.45) is 0 Å². The number of aromatic nitrogens is 1. The number of carbonyl (C=O) groups is 1. The second-order valence-corrected chi connectivity index (χ2v) is 6.80. The molecule has 140 valence electrons. The van der Waals surface area contributed by atoms with Crippen molar-refractivity contribution in [3.8, 4) is 0 Å². The van der Waals surface area contributed by atoms with Gasteiger partial charge in [-0.1, -0.05) is 60.7 Å². The number of oxazole rings is 1. The summed E-state index contributed by atoms with van der Waals surface area (Å²) in [7, 11) is 0. The summed E-state index contributed by atoms with van der Waals surface area (Å²) in [4.78, 5) is 16.9. The van der Waals surface area contributed by atoms with Crippen molar-refractivity contribution < 1.29 is 9.21 Å². The Morgan fingerprint density at radius 1 is 0.893 bits per heavy atom. The predicted octanol–water partition coefficient (Wildman–Crippen LogP) is 4.78. The van der Waals surface area contributed by atoms with Crippen molar-refractivity contribution in [3.05, 3.63) is 101 Å². The van der Waals surface area contributed by atoms with E-state index in [-0.39, 0.29) is 5.91 Å². The lowest BCUT2D eigenvalue weighted by atomic mass is 10.1. The van der Waals surface area contributed by atoms with Gasteiger partial charge >= 0.3 is 0 Å². The van der Waals surface area contributed by atoms with Crippen LogP contribution in [0.25, 0.3) is 11.1 Å². The standard InChI is InChI=1S/C24H22N2O2/c27-24(25-15-7-12-18-8-3-1-4-9-18)20-13-14-21-22(17-20)28-23(26-21)16-19-10-5-2-6-11-19/h1-6,8-11,13-14,17H,7,12,15-16H2,(H,25,27). The molecule has 0 spiro atoms. The molecule has 1 amide bonds. The molecule has 0 aliphatic heterocycles. The van der Waals surface area contributed by atoms with Crippen LogP contribution < -0.4 is 5.32 Å². The number of aryl methyl sites for hydroxylation is 1. The number of nitrogens with zero attached hydrogens (tertiary/aromatic N) is 1. The molecule has 4 aromatic rings. The Bertz CT molecular complexity index is 1060. The number of nitrogens with one attached hydrogen (secondary N) is 1. The summed E-state index contributed by atoms with van der Waals surface area (Å²) < 4.78 is 5.86. The summed E-state index contributed by atoms with van der Waals surface area (Å²) in [5, 5.41) is 2.98. The van der Waals surface area contributed by atoms with Gasteiger partial charge in [-0.25, -0.2) is 4.98 Å². The molecule has 1 aromatic heterocycles. The van der Waals surface area contributed by atoms with Crippen LogP contribution in [0, 0.1) is 0 Å². The third-order valence-corrected chi connectivity index (χ3v) is 4.66. The minimum Gasteiger partial charge on any atom is -0.440 e. The highest BCUT2D eigenvalue weighted by Gasteiger charge is 2.11. The molecule has 0 bridgehead atoms. The predicted molar refractivity (Wildman–Crippen MR) is 110 cm³/mol. The van der Waals surface area contributed by atoms with E-state index in [2.05, 4.69) is 22.4 Å². The molecular formula is C24H22N2O2. The van der Waals surface area contributed by atoms with E-state index in [0.717, 1.165) is 23.9 Å². The lowest BCUT2D eigenvalue weighted by molar-refractivity contribution is 0.0953.